The molecule has 1 aliphatic rings. The number of carbonyl (C=O) groups excluding carboxylic acids is 1. The van der Waals surface area contributed by atoms with Crippen LogP contribution in [0.15, 0.2) is 11.6 Å². The summed E-state index contributed by atoms with van der Waals surface area (Å²) in [5.74, 6) is -0.565. The molecule has 1 amide bonds. The van der Waals surface area contributed by atoms with E-state index in [2.05, 4.69) is 11.4 Å². The minimum atomic E-state index is -1.03. The maximum atomic E-state index is 11.5. The van der Waals surface area contributed by atoms with E-state index in [-0.39, 0.29) is 17.4 Å². The summed E-state index contributed by atoms with van der Waals surface area (Å²) in [6, 6.07) is -0.898. The van der Waals surface area contributed by atoms with Crippen LogP contribution in [0.25, 0.3) is 0 Å². The van der Waals surface area contributed by atoms with E-state index in [1.54, 1.807) is 0 Å². The molecule has 1 rings (SSSR count). The zero-order chi connectivity index (χ0) is 14.1. The molecule has 0 aliphatic heterocycles. The minimum Gasteiger partial charge on any atom is -0.480 e. The van der Waals surface area contributed by atoms with Gasteiger partial charge in [-0.2, -0.15) is 0 Å². The van der Waals surface area contributed by atoms with E-state index in [1.165, 1.54) is 30.2 Å². The molecule has 0 spiro atoms. The molecule has 0 radical (unpaired) electrons. The summed E-state index contributed by atoms with van der Waals surface area (Å²) in [6.45, 7) is 0.663. The van der Waals surface area contributed by atoms with E-state index >= 15 is 0 Å². The van der Waals surface area contributed by atoms with Gasteiger partial charge < -0.3 is 16.2 Å². The SMILES string of the molecule is N[C@H](CSCC(=O)NCCC1=CCCCC1)C(=O)O. The highest BCUT2D eigenvalue weighted by atomic mass is 32.2. The number of carbonyl (C=O) groups is 2. The van der Waals surface area contributed by atoms with Gasteiger partial charge in [0.05, 0.1) is 5.75 Å². The van der Waals surface area contributed by atoms with Gasteiger partial charge in [-0.15, -0.1) is 11.8 Å². The summed E-state index contributed by atoms with van der Waals surface area (Å²) in [5.41, 5.74) is 6.78. The van der Waals surface area contributed by atoms with Crippen molar-refractivity contribution in [3.05, 3.63) is 11.6 Å². The number of rotatable bonds is 8. The number of thioether (sulfide) groups is 1. The van der Waals surface area contributed by atoms with Gasteiger partial charge in [0.25, 0.3) is 0 Å². The molecule has 1 aliphatic carbocycles. The van der Waals surface area contributed by atoms with Crippen molar-refractivity contribution in [3.8, 4) is 0 Å². The second-order valence-corrected chi connectivity index (χ2v) is 5.70. The van der Waals surface area contributed by atoms with Crippen LogP contribution in [0.3, 0.4) is 0 Å². The third kappa shape index (κ3) is 7.22. The second kappa shape index (κ2) is 8.98. The third-order valence-electron chi connectivity index (χ3n) is 3.00. The van der Waals surface area contributed by atoms with Gasteiger partial charge in [-0.05, 0) is 32.1 Å². The van der Waals surface area contributed by atoms with Crippen LogP contribution in [-0.4, -0.2) is 41.1 Å². The smallest absolute Gasteiger partial charge is 0.321 e. The highest BCUT2D eigenvalue weighted by Gasteiger charge is 2.12. The van der Waals surface area contributed by atoms with Gasteiger partial charge in [0.15, 0.2) is 0 Å². The molecule has 0 heterocycles. The van der Waals surface area contributed by atoms with Crippen molar-refractivity contribution >= 4 is 23.6 Å². The average Bonchev–Trinajstić information content (AvgIpc) is 2.39. The van der Waals surface area contributed by atoms with Gasteiger partial charge in [-0.25, -0.2) is 0 Å². The highest BCUT2D eigenvalue weighted by molar-refractivity contribution is 8.00. The minimum absolute atomic E-state index is 0.0565. The number of hydrogen-bond acceptors (Lipinski definition) is 4. The summed E-state index contributed by atoms with van der Waals surface area (Å²) in [6.07, 6.45) is 8.03. The molecule has 0 aromatic carbocycles. The van der Waals surface area contributed by atoms with Gasteiger partial charge in [-0.3, -0.25) is 9.59 Å². The molecule has 5 nitrogen and oxygen atoms in total. The molecule has 0 saturated heterocycles. The first-order valence-corrected chi connectivity index (χ1v) is 7.76. The quantitative estimate of drug-likeness (QED) is 0.582. The molecule has 0 fully saturated rings. The topological polar surface area (TPSA) is 92.4 Å². The Balaban J connectivity index is 2.04. The fourth-order valence-corrected chi connectivity index (χ4v) is 2.70. The van der Waals surface area contributed by atoms with E-state index in [1.807, 2.05) is 0 Å². The van der Waals surface area contributed by atoms with E-state index in [0.29, 0.717) is 6.54 Å². The molecular formula is C13H22N2O3S. The zero-order valence-electron chi connectivity index (χ0n) is 11.1. The first-order valence-electron chi connectivity index (χ1n) is 6.60. The summed E-state index contributed by atoms with van der Waals surface area (Å²) in [7, 11) is 0. The molecular weight excluding hydrogens is 264 g/mol. The van der Waals surface area contributed by atoms with Crippen LogP contribution in [0.2, 0.25) is 0 Å². The van der Waals surface area contributed by atoms with Crippen LogP contribution in [0.4, 0.5) is 0 Å². The molecule has 1 atom stereocenters. The predicted octanol–water partition coefficient (Wildman–Crippen LogP) is 1.14. The second-order valence-electron chi connectivity index (χ2n) is 4.67. The van der Waals surface area contributed by atoms with E-state index in [0.717, 1.165) is 19.3 Å². The zero-order valence-corrected chi connectivity index (χ0v) is 11.9. The maximum Gasteiger partial charge on any atom is 0.321 e. The highest BCUT2D eigenvalue weighted by Crippen LogP contribution is 2.19. The van der Waals surface area contributed by atoms with Crippen molar-refractivity contribution < 1.29 is 14.7 Å². The van der Waals surface area contributed by atoms with Crippen molar-refractivity contribution in [1.29, 1.82) is 0 Å². The Hall–Kier alpha value is -1.01. The van der Waals surface area contributed by atoms with E-state index in [9.17, 15) is 9.59 Å². The molecule has 19 heavy (non-hydrogen) atoms. The lowest BCUT2D eigenvalue weighted by Crippen LogP contribution is -2.33. The van der Waals surface area contributed by atoms with E-state index < -0.39 is 12.0 Å². The monoisotopic (exact) mass is 286 g/mol. The Morgan fingerprint density at radius 1 is 1.47 bits per heavy atom. The molecule has 0 bridgehead atoms. The number of nitrogens with two attached hydrogens (primary N) is 1. The van der Waals surface area contributed by atoms with Crippen molar-refractivity contribution in [2.45, 2.75) is 38.1 Å². The summed E-state index contributed by atoms with van der Waals surface area (Å²) >= 11 is 1.25. The van der Waals surface area contributed by atoms with Crippen LogP contribution in [0.1, 0.15) is 32.1 Å². The maximum absolute atomic E-state index is 11.5. The molecule has 0 unspecified atom stereocenters. The Kier molecular flexibility index (Phi) is 7.59. The van der Waals surface area contributed by atoms with Crippen molar-refractivity contribution in [1.82, 2.24) is 5.32 Å². The number of carboxylic acids is 1. The predicted molar refractivity (Wildman–Crippen MR) is 77.1 cm³/mol. The number of nitrogens with one attached hydrogen (secondary N) is 1. The van der Waals surface area contributed by atoms with Crippen LogP contribution < -0.4 is 11.1 Å². The number of allylic oxidation sites excluding steroid dienone is 1. The van der Waals surface area contributed by atoms with Crippen LogP contribution >= 0.6 is 11.8 Å². The van der Waals surface area contributed by atoms with Gasteiger partial charge in [-0.1, -0.05) is 11.6 Å². The van der Waals surface area contributed by atoms with Crippen LogP contribution in [0, 0.1) is 0 Å². The summed E-state index contributed by atoms with van der Waals surface area (Å²) in [5, 5.41) is 11.4. The largest absolute Gasteiger partial charge is 0.480 e. The van der Waals surface area contributed by atoms with Crippen LogP contribution in [0.5, 0.6) is 0 Å². The molecule has 0 aromatic rings. The summed E-state index contributed by atoms with van der Waals surface area (Å²) in [4.78, 5) is 22.0. The lowest BCUT2D eigenvalue weighted by Gasteiger charge is -2.13. The number of amides is 1. The standard InChI is InChI=1S/C13H22N2O3S/c14-11(13(17)18)8-19-9-12(16)15-7-6-10-4-2-1-3-5-10/h4,11H,1-3,5-9,14H2,(H,15,16)(H,17,18)/t11-/m1/s1. The Labute approximate surface area is 118 Å². The third-order valence-corrected chi connectivity index (χ3v) is 4.06. The molecule has 6 heteroatoms. The van der Waals surface area contributed by atoms with Gasteiger partial charge >= 0.3 is 5.97 Å². The Morgan fingerprint density at radius 3 is 2.89 bits per heavy atom. The van der Waals surface area contributed by atoms with E-state index in [4.69, 9.17) is 10.8 Å². The normalized spacial score (nSPS) is 16.6. The molecule has 0 saturated carbocycles. The van der Waals surface area contributed by atoms with Gasteiger partial charge in [0.2, 0.25) is 5.91 Å². The lowest BCUT2D eigenvalue weighted by molar-refractivity contribution is -0.138. The van der Waals surface area contributed by atoms with Crippen molar-refractivity contribution in [2.75, 3.05) is 18.1 Å². The van der Waals surface area contributed by atoms with Crippen molar-refractivity contribution in [2.24, 2.45) is 5.73 Å². The molecule has 108 valence electrons. The average molecular weight is 286 g/mol. The fourth-order valence-electron chi connectivity index (χ4n) is 1.90. The fraction of sp³-hybridized carbons (Fsp3) is 0.692. The van der Waals surface area contributed by atoms with Crippen molar-refractivity contribution in [3.63, 3.8) is 0 Å². The number of carboxylic acid groups (broad SMARTS) is 1. The first kappa shape index (κ1) is 16.0. The van der Waals surface area contributed by atoms with Gasteiger partial charge in [0, 0.05) is 12.3 Å². The molecule has 4 N–H and O–H groups in total. The Bertz CT molecular complexity index is 345. The first-order chi connectivity index (χ1) is 9.09. The number of hydrogen-bond donors (Lipinski definition) is 3. The van der Waals surface area contributed by atoms with Crippen LogP contribution in [-0.2, 0) is 9.59 Å². The lowest BCUT2D eigenvalue weighted by atomic mass is 9.97. The Morgan fingerprint density at radius 2 is 2.26 bits per heavy atom. The number of aliphatic carboxylic acids is 1. The summed E-state index contributed by atoms with van der Waals surface area (Å²) < 4.78 is 0. The van der Waals surface area contributed by atoms with Gasteiger partial charge in [0.1, 0.15) is 6.04 Å². The molecule has 0 aromatic heterocycles.